The molecule has 0 radical (unpaired) electrons. The van der Waals surface area contributed by atoms with Gasteiger partial charge in [0, 0.05) is 5.92 Å². The first kappa shape index (κ1) is 11.1. The Balaban J connectivity index is 1.81. The molecule has 4 atom stereocenters. The fraction of sp³-hybridized carbons (Fsp3) is 0.636. The third-order valence-electron chi connectivity index (χ3n) is 3.37. The molecule has 2 aliphatic carbocycles. The van der Waals surface area contributed by atoms with Crippen LogP contribution in [0.25, 0.3) is 0 Å². The molecule has 1 fully saturated rings. The maximum absolute atomic E-state index is 11.7. The van der Waals surface area contributed by atoms with E-state index in [4.69, 9.17) is 10.2 Å². The molecule has 5 heteroatoms. The molecule has 2 bridgehead atoms. The molecule has 0 aromatic carbocycles. The number of carboxylic acid groups (broad SMARTS) is 1. The van der Waals surface area contributed by atoms with Crippen molar-refractivity contribution in [2.45, 2.75) is 18.9 Å². The Morgan fingerprint density at radius 3 is 2.62 bits per heavy atom. The smallest absolute Gasteiger partial charge is 0.334 e. The van der Waals surface area contributed by atoms with Crippen LogP contribution in [0.2, 0.25) is 0 Å². The summed E-state index contributed by atoms with van der Waals surface area (Å²) >= 11 is 0. The second-order valence-electron chi connectivity index (χ2n) is 4.49. The van der Waals surface area contributed by atoms with Crippen molar-refractivity contribution >= 4 is 11.9 Å². The van der Waals surface area contributed by atoms with Crippen LogP contribution in [0.4, 0.5) is 0 Å². The molecule has 3 unspecified atom stereocenters. The maximum Gasteiger partial charge on any atom is 0.334 e. The minimum atomic E-state index is -1.52. The number of amides is 1. The van der Waals surface area contributed by atoms with Crippen LogP contribution < -0.4 is 5.32 Å². The number of nitrogens with one attached hydrogen (secondary N) is 1. The molecule has 0 aromatic rings. The molecule has 88 valence electrons. The molecule has 0 aromatic heterocycles. The molecule has 2 rings (SSSR count). The second-order valence-corrected chi connectivity index (χ2v) is 4.49. The number of aliphatic hydroxyl groups excluding tert-OH is 1. The summed E-state index contributed by atoms with van der Waals surface area (Å²) in [7, 11) is 0. The van der Waals surface area contributed by atoms with Crippen LogP contribution >= 0.6 is 0 Å². The van der Waals surface area contributed by atoms with E-state index in [9.17, 15) is 9.59 Å². The summed E-state index contributed by atoms with van der Waals surface area (Å²) in [5.74, 6) is -0.696. The van der Waals surface area contributed by atoms with Gasteiger partial charge >= 0.3 is 5.97 Å². The first-order valence-corrected chi connectivity index (χ1v) is 5.45. The van der Waals surface area contributed by atoms with Gasteiger partial charge in [-0.3, -0.25) is 4.79 Å². The van der Waals surface area contributed by atoms with Gasteiger partial charge in [-0.05, 0) is 24.7 Å². The number of aliphatic hydroxyl groups is 1. The lowest BCUT2D eigenvalue weighted by Crippen LogP contribution is -2.40. The van der Waals surface area contributed by atoms with Gasteiger partial charge in [-0.2, -0.15) is 0 Å². The summed E-state index contributed by atoms with van der Waals surface area (Å²) in [4.78, 5) is 22.1. The molecule has 2 aliphatic rings. The lowest BCUT2D eigenvalue weighted by Gasteiger charge is -2.18. The van der Waals surface area contributed by atoms with Crippen LogP contribution in [0.1, 0.15) is 12.8 Å². The van der Waals surface area contributed by atoms with Crippen LogP contribution in [-0.4, -0.2) is 34.7 Å². The number of rotatable bonds is 4. The summed E-state index contributed by atoms with van der Waals surface area (Å²) in [5.41, 5.74) is 0. The van der Waals surface area contributed by atoms with Crippen molar-refractivity contribution < 1.29 is 19.8 Å². The highest BCUT2D eigenvalue weighted by Gasteiger charge is 2.39. The zero-order valence-corrected chi connectivity index (χ0v) is 8.80. The monoisotopic (exact) mass is 225 g/mol. The molecule has 1 saturated carbocycles. The van der Waals surface area contributed by atoms with E-state index in [1.807, 2.05) is 0 Å². The highest BCUT2D eigenvalue weighted by atomic mass is 16.4. The predicted molar refractivity (Wildman–Crippen MR) is 55.5 cm³/mol. The average molecular weight is 225 g/mol. The summed E-state index contributed by atoms with van der Waals surface area (Å²) in [6, 6.07) is 0. The van der Waals surface area contributed by atoms with Gasteiger partial charge < -0.3 is 15.5 Å². The van der Waals surface area contributed by atoms with Crippen molar-refractivity contribution in [2.24, 2.45) is 17.8 Å². The molecule has 0 spiro atoms. The highest BCUT2D eigenvalue weighted by Crippen LogP contribution is 2.43. The van der Waals surface area contributed by atoms with E-state index in [2.05, 4.69) is 17.5 Å². The van der Waals surface area contributed by atoms with Crippen LogP contribution in [0.3, 0.4) is 0 Å². The number of carbonyl (C=O) groups is 2. The summed E-state index contributed by atoms with van der Waals surface area (Å²) in [6.07, 6.45) is 4.56. The van der Waals surface area contributed by atoms with E-state index in [0.717, 1.165) is 12.8 Å². The van der Waals surface area contributed by atoms with Crippen molar-refractivity contribution in [2.75, 3.05) is 6.54 Å². The van der Waals surface area contributed by atoms with E-state index < -0.39 is 12.1 Å². The van der Waals surface area contributed by atoms with Crippen LogP contribution in [0.5, 0.6) is 0 Å². The third-order valence-corrected chi connectivity index (χ3v) is 3.37. The van der Waals surface area contributed by atoms with Crippen molar-refractivity contribution in [3.05, 3.63) is 12.2 Å². The second kappa shape index (κ2) is 4.25. The summed E-state index contributed by atoms with van der Waals surface area (Å²) in [5, 5.41) is 20.0. The van der Waals surface area contributed by atoms with Gasteiger partial charge in [0.15, 0.2) is 6.10 Å². The van der Waals surface area contributed by atoms with E-state index >= 15 is 0 Å². The summed E-state index contributed by atoms with van der Waals surface area (Å²) in [6.45, 7) is -0.217. The van der Waals surface area contributed by atoms with Gasteiger partial charge in [-0.15, -0.1) is 0 Å². The van der Waals surface area contributed by atoms with Crippen molar-refractivity contribution in [3.8, 4) is 0 Å². The number of carboxylic acids is 1. The van der Waals surface area contributed by atoms with Gasteiger partial charge in [0.25, 0.3) is 0 Å². The molecule has 0 aliphatic heterocycles. The van der Waals surface area contributed by atoms with Gasteiger partial charge in [-0.1, -0.05) is 12.2 Å². The van der Waals surface area contributed by atoms with Gasteiger partial charge in [-0.25, -0.2) is 4.79 Å². The van der Waals surface area contributed by atoms with Crippen LogP contribution in [0.15, 0.2) is 12.2 Å². The Hall–Kier alpha value is -1.36. The Kier molecular flexibility index (Phi) is 2.96. The van der Waals surface area contributed by atoms with E-state index in [0.29, 0.717) is 11.8 Å². The Morgan fingerprint density at radius 1 is 1.38 bits per heavy atom. The maximum atomic E-state index is 11.7. The van der Waals surface area contributed by atoms with Crippen molar-refractivity contribution in [1.29, 1.82) is 0 Å². The number of allylic oxidation sites excluding steroid dienone is 2. The first-order valence-electron chi connectivity index (χ1n) is 5.45. The van der Waals surface area contributed by atoms with Crippen LogP contribution in [0, 0.1) is 17.8 Å². The first-order chi connectivity index (χ1) is 7.58. The molecule has 1 amide bonds. The normalized spacial score (nSPS) is 32.7. The number of carbonyl (C=O) groups excluding carboxylic acids is 1. The summed E-state index contributed by atoms with van der Waals surface area (Å²) < 4.78 is 0. The molecule has 5 nitrogen and oxygen atoms in total. The van der Waals surface area contributed by atoms with Gasteiger partial charge in [0.2, 0.25) is 5.91 Å². The lowest BCUT2D eigenvalue weighted by atomic mass is 9.93. The Morgan fingerprint density at radius 2 is 2.12 bits per heavy atom. The van der Waals surface area contributed by atoms with Gasteiger partial charge in [0.05, 0.1) is 6.54 Å². The lowest BCUT2D eigenvalue weighted by molar-refractivity contribution is -0.146. The Bertz CT molecular complexity index is 339. The van der Waals surface area contributed by atoms with Gasteiger partial charge in [0.1, 0.15) is 0 Å². The molecular formula is C11H15NO4. The zero-order valence-electron chi connectivity index (χ0n) is 8.80. The molecule has 16 heavy (non-hydrogen) atoms. The third kappa shape index (κ3) is 2.09. The highest BCUT2D eigenvalue weighted by molar-refractivity contribution is 5.81. The minimum absolute atomic E-state index is 0.0454. The molecule has 3 N–H and O–H groups in total. The minimum Gasteiger partial charge on any atom is -0.479 e. The molecule has 0 heterocycles. The average Bonchev–Trinajstić information content (AvgIpc) is 2.86. The number of hydrogen-bond donors (Lipinski definition) is 3. The van der Waals surface area contributed by atoms with E-state index in [-0.39, 0.29) is 18.4 Å². The van der Waals surface area contributed by atoms with E-state index in [1.54, 1.807) is 0 Å². The van der Waals surface area contributed by atoms with Crippen molar-refractivity contribution in [1.82, 2.24) is 5.32 Å². The zero-order chi connectivity index (χ0) is 11.7. The Labute approximate surface area is 93.1 Å². The number of aliphatic carboxylic acids is 1. The van der Waals surface area contributed by atoms with E-state index in [1.165, 1.54) is 0 Å². The standard InChI is InChI=1S/C11H15NO4/c13-9(11(15)16)5-12-10(14)8-4-6-1-2-7(8)3-6/h1-2,6-9,13H,3-5H2,(H,12,14)(H,15,16)/t6?,7?,8?,9-/m0/s1. The number of fused-ring (bicyclic) bond motifs is 2. The largest absolute Gasteiger partial charge is 0.479 e. The predicted octanol–water partition coefficient (Wildman–Crippen LogP) is -0.240. The van der Waals surface area contributed by atoms with Crippen molar-refractivity contribution in [3.63, 3.8) is 0 Å². The quantitative estimate of drug-likeness (QED) is 0.576. The molecule has 0 saturated heterocycles. The SMILES string of the molecule is O=C(NC[C@H](O)C(=O)O)C1CC2C=CC1C2. The molecular weight excluding hydrogens is 210 g/mol. The number of hydrogen-bond acceptors (Lipinski definition) is 3. The fourth-order valence-electron chi connectivity index (χ4n) is 2.50. The fourth-order valence-corrected chi connectivity index (χ4v) is 2.50. The van der Waals surface area contributed by atoms with Crippen LogP contribution in [-0.2, 0) is 9.59 Å². The topological polar surface area (TPSA) is 86.6 Å².